The Bertz CT molecular complexity index is 554. The molecule has 0 bridgehead atoms. The Morgan fingerprint density at radius 3 is 2.81 bits per heavy atom. The van der Waals surface area contributed by atoms with Gasteiger partial charge in [0.2, 0.25) is 0 Å². The van der Waals surface area contributed by atoms with Crippen molar-refractivity contribution >= 4 is 23.6 Å². The SMILES string of the molecule is COC(=O)C1CCCCN1C(=O)C(=O)Nc1cc(C)on1. The Hall–Kier alpha value is -2.38. The molecular formula is C13H17N3O5. The second-order valence-electron chi connectivity index (χ2n) is 4.81. The minimum Gasteiger partial charge on any atom is -0.467 e. The number of methoxy groups -OCH3 is 1. The third-order valence-electron chi connectivity index (χ3n) is 3.30. The molecule has 1 N–H and O–H groups in total. The van der Waals surface area contributed by atoms with Gasteiger partial charge in [0.15, 0.2) is 5.82 Å². The standard InChI is InChI=1S/C13H17N3O5/c1-8-7-10(15-21-8)14-11(17)12(18)16-6-4-3-5-9(16)13(19)20-2/h7,9H,3-6H2,1-2H3,(H,14,15,17). The Morgan fingerprint density at radius 2 is 2.19 bits per heavy atom. The summed E-state index contributed by atoms with van der Waals surface area (Å²) in [4.78, 5) is 37.1. The van der Waals surface area contributed by atoms with Gasteiger partial charge in [-0.05, 0) is 26.2 Å². The first kappa shape index (κ1) is 15.0. The van der Waals surface area contributed by atoms with Gasteiger partial charge in [0.1, 0.15) is 11.8 Å². The summed E-state index contributed by atoms with van der Waals surface area (Å²) in [6, 6.07) is 0.792. The summed E-state index contributed by atoms with van der Waals surface area (Å²) in [5.41, 5.74) is 0. The highest BCUT2D eigenvalue weighted by atomic mass is 16.5. The van der Waals surface area contributed by atoms with E-state index in [-0.39, 0.29) is 5.82 Å². The zero-order chi connectivity index (χ0) is 15.4. The predicted molar refractivity (Wildman–Crippen MR) is 71.2 cm³/mol. The van der Waals surface area contributed by atoms with E-state index in [1.165, 1.54) is 18.1 Å². The number of hydrogen-bond donors (Lipinski definition) is 1. The van der Waals surface area contributed by atoms with E-state index >= 15 is 0 Å². The zero-order valence-corrected chi connectivity index (χ0v) is 11.9. The Morgan fingerprint density at radius 1 is 1.43 bits per heavy atom. The molecule has 1 unspecified atom stereocenters. The van der Waals surface area contributed by atoms with Gasteiger partial charge in [-0.25, -0.2) is 4.79 Å². The molecule has 8 heteroatoms. The van der Waals surface area contributed by atoms with Crippen molar-refractivity contribution in [3.8, 4) is 0 Å². The first-order valence-corrected chi connectivity index (χ1v) is 6.66. The van der Waals surface area contributed by atoms with Gasteiger partial charge < -0.3 is 14.2 Å². The number of aromatic nitrogens is 1. The van der Waals surface area contributed by atoms with Crippen molar-refractivity contribution in [3.05, 3.63) is 11.8 Å². The van der Waals surface area contributed by atoms with Crippen molar-refractivity contribution in [2.75, 3.05) is 19.0 Å². The van der Waals surface area contributed by atoms with Crippen LogP contribution in [0.25, 0.3) is 0 Å². The van der Waals surface area contributed by atoms with Crippen molar-refractivity contribution in [2.45, 2.75) is 32.2 Å². The fraction of sp³-hybridized carbons (Fsp3) is 0.538. The van der Waals surface area contributed by atoms with Gasteiger partial charge >= 0.3 is 17.8 Å². The van der Waals surface area contributed by atoms with Gasteiger partial charge in [-0.2, -0.15) is 0 Å². The number of carbonyl (C=O) groups excluding carboxylic acids is 3. The molecule has 0 aliphatic carbocycles. The number of carbonyl (C=O) groups is 3. The molecule has 0 radical (unpaired) electrons. The van der Waals surface area contributed by atoms with Crippen molar-refractivity contribution in [1.82, 2.24) is 10.1 Å². The number of aryl methyl sites for hydroxylation is 1. The van der Waals surface area contributed by atoms with E-state index in [9.17, 15) is 14.4 Å². The van der Waals surface area contributed by atoms with Crippen molar-refractivity contribution in [2.24, 2.45) is 0 Å². The maximum Gasteiger partial charge on any atom is 0.328 e. The molecule has 1 atom stereocenters. The lowest BCUT2D eigenvalue weighted by Crippen LogP contribution is -2.52. The van der Waals surface area contributed by atoms with E-state index < -0.39 is 23.8 Å². The summed E-state index contributed by atoms with van der Waals surface area (Å²) in [5.74, 6) is -1.45. The number of hydrogen-bond acceptors (Lipinski definition) is 6. The van der Waals surface area contributed by atoms with Gasteiger partial charge in [0, 0.05) is 12.6 Å². The largest absolute Gasteiger partial charge is 0.467 e. The topological polar surface area (TPSA) is 102 Å². The average molecular weight is 295 g/mol. The number of amides is 2. The molecule has 2 amide bonds. The molecule has 1 saturated heterocycles. The molecule has 2 heterocycles. The highest BCUT2D eigenvalue weighted by Crippen LogP contribution is 2.19. The van der Waals surface area contributed by atoms with Crippen LogP contribution in [0.3, 0.4) is 0 Å². The van der Waals surface area contributed by atoms with Gasteiger partial charge in [-0.1, -0.05) is 5.16 Å². The third kappa shape index (κ3) is 3.39. The van der Waals surface area contributed by atoms with Crippen molar-refractivity contribution in [3.63, 3.8) is 0 Å². The second kappa shape index (κ2) is 6.38. The van der Waals surface area contributed by atoms with Crippen LogP contribution >= 0.6 is 0 Å². The molecule has 1 fully saturated rings. The lowest BCUT2D eigenvalue weighted by Gasteiger charge is -2.32. The maximum absolute atomic E-state index is 12.2. The number of nitrogens with one attached hydrogen (secondary N) is 1. The summed E-state index contributed by atoms with van der Waals surface area (Å²) < 4.78 is 9.48. The van der Waals surface area contributed by atoms with Gasteiger partial charge in [-0.3, -0.25) is 14.9 Å². The van der Waals surface area contributed by atoms with Gasteiger partial charge in [0.25, 0.3) is 0 Å². The molecule has 1 aliphatic rings. The first-order valence-electron chi connectivity index (χ1n) is 6.66. The van der Waals surface area contributed by atoms with Crippen LogP contribution in [0.4, 0.5) is 5.82 Å². The third-order valence-corrected chi connectivity index (χ3v) is 3.30. The van der Waals surface area contributed by atoms with E-state index in [1.807, 2.05) is 0 Å². The first-order chi connectivity index (χ1) is 10.0. The zero-order valence-electron chi connectivity index (χ0n) is 11.9. The summed E-state index contributed by atoms with van der Waals surface area (Å²) in [5, 5.41) is 5.93. The number of nitrogens with zero attached hydrogens (tertiary/aromatic N) is 2. The van der Waals surface area contributed by atoms with Gasteiger partial charge in [-0.15, -0.1) is 0 Å². The summed E-state index contributed by atoms with van der Waals surface area (Å²) >= 11 is 0. The van der Waals surface area contributed by atoms with Crippen LogP contribution in [0, 0.1) is 6.92 Å². The molecule has 1 aromatic rings. The minimum atomic E-state index is -0.848. The van der Waals surface area contributed by atoms with E-state index in [4.69, 9.17) is 4.52 Å². The number of likely N-dealkylation sites (tertiary alicyclic amines) is 1. The minimum absolute atomic E-state index is 0.164. The van der Waals surface area contributed by atoms with Crippen molar-refractivity contribution in [1.29, 1.82) is 0 Å². The Labute approximate surface area is 121 Å². The number of rotatable bonds is 2. The molecule has 2 rings (SSSR count). The summed E-state index contributed by atoms with van der Waals surface area (Å²) in [6.45, 7) is 2.02. The molecule has 21 heavy (non-hydrogen) atoms. The fourth-order valence-electron chi connectivity index (χ4n) is 2.28. The maximum atomic E-state index is 12.2. The number of piperidine rings is 1. The van der Waals surface area contributed by atoms with E-state index in [0.29, 0.717) is 18.7 Å². The lowest BCUT2D eigenvalue weighted by atomic mass is 10.0. The molecule has 114 valence electrons. The molecule has 0 spiro atoms. The van der Waals surface area contributed by atoms with E-state index in [0.717, 1.165) is 12.8 Å². The summed E-state index contributed by atoms with van der Waals surface area (Å²) in [6.07, 6.45) is 2.05. The molecule has 8 nitrogen and oxygen atoms in total. The summed E-state index contributed by atoms with van der Waals surface area (Å²) in [7, 11) is 1.26. The van der Waals surface area contributed by atoms with Crippen LogP contribution in [0.5, 0.6) is 0 Å². The van der Waals surface area contributed by atoms with Crippen molar-refractivity contribution < 1.29 is 23.6 Å². The Kier molecular flexibility index (Phi) is 4.56. The predicted octanol–water partition coefficient (Wildman–Crippen LogP) is 0.476. The highest BCUT2D eigenvalue weighted by Gasteiger charge is 2.35. The number of anilines is 1. The van der Waals surface area contributed by atoms with Gasteiger partial charge in [0.05, 0.1) is 7.11 Å². The molecule has 0 aromatic carbocycles. The van der Waals surface area contributed by atoms with Crippen LogP contribution in [-0.4, -0.2) is 47.5 Å². The quantitative estimate of drug-likeness (QED) is 0.629. The van der Waals surface area contributed by atoms with E-state index in [1.54, 1.807) is 6.92 Å². The van der Waals surface area contributed by atoms with Crippen LogP contribution in [-0.2, 0) is 19.1 Å². The number of esters is 1. The average Bonchev–Trinajstić information content (AvgIpc) is 2.90. The fourth-order valence-corrected chi connectivity index (χ4v) is 2.28. The monoisotopic (exact) mass is 295 g/mol. The highest BCUT2D eigenvalue weighted by molar-refractivity contribution is 6.39. The second-order valence-corrected chi connectivity index (χ2v) is 4.81. The number of ether oxygens (including phenoxy) is 1. The van der Waals surface area contributed by atoms with Crippen LogP contribution in [0.2, 0.25) is 0 Å². The molecule has 0 saturated carbocycles. The smallest absolute Gasteiger partial charge is 0.328 e. The lowest BCUT2D eigenvalue weighted by molar-refractivity contribution is -0.156. The molecular weight excluding hydrogens is 278 g/mol. The molecule has 1 aliphatic heterocycles. The van der Waals surface area contributed by atoms with Crippen LogP contribution in [0.15, 0.2) is 10.6 Å². The van der Waals surface area contributed by atoms with Crippen LogP contribution in [0.1, 0.15) is 25.0 Å². The Balaban J connectivity index is 2.05. The molecule has 1 aromatic heterocycles. The normalized spacial score (nSPS) is 18.2. The van der Waals surface area contributed by atoms with Crippen LogP contribution < -0.4 is 5.32 Å². The van der Waals surface area contributed by atoms with E-state index in [2.05, 4.69) is 15.2 Å².